The standard InChI is InChI=1S/C21H30N4O2/c1-17(20(27)23(2)21(16-22)10-6-3-7-11-21)24-12-14-25(15-13-24)18-8-4-5-9-19(18)26/h4-5,8-9,17,26H,3,6-7,10-15H2,1-2H3/p+1/t17-/m1/s1. The van der Waals surface area contributed by atoms with Crippen LogP contribution in [0.3, 0.4) is 0 Å². The lowest BCUT2D eigenvalue weighted by atomic mass is 9.81. The lowest BCUT2D eigenvalue weighted by molar-refractivity contribution is -0.915. The Morgan fingerprint density at radius 2 is 1.89 bits per heavy atom. The highest BCUT2D eigenvalue weighted by atomic mass is 16.3. The fraction of sp³-hybridized carbons (Fsp3) is 0.619. The molecule has 0 aromatic heterocycles. The van der Waals surface area contributed by atoms with Crippen LogP contribution >= 0.6 is 0 Å². The molecule has 0 radical (unpaired) electrons. The Labute approximate surface area is 162 Å². The number of phenolic OH excluding ortho intramolecular Hbond substituents is 1. The molecule has 0 bridgehead atoms. The van der Waals surface area contributed by atoms with E-state index in [0.29, 0.717) is 5.75 Å². The largest absolute Gasteiger partial charge is 0.506 e. The van der Waals surface area contributed by atoms with Gasteiger partial charge in [-0.15, -0.1) is 0 Å². The fourth-order valence-corrected chi connectivity index (χ4v) is 4.53. The van der Waals surface area contributed by atoms with E-state index in [2.05, 4.69) is 11.0 Å². The zero-order valence-corrected chi connectivity index (χ0v) is 16.4. The molecule has 1 heterocycles. The summed E-state index contributed by atoms with van der Waals surface area (Å²) in [6.07, 6.45) is 4.77. The molecule has 0 unspecified atom stereocenters. The Bertz CT molecular complexity index is 700. The molecule has 1 amide bonds. The van der Waals surface area contributed by atoms with Crippen LogP contribution in [0.1, 0.15) is 39.0 Å². The summed E-state index contributed by atoms with van der Waals surface area (Å²) in [6, 6.07) is 9.69. The first kappa shape index (κ1) is 19.5. The van der Waals surface area contributed by atoms with Crippen molar-refractivity contribution in [3.8, 4) is 11.8 Å². The third-order valence-corrected chi connectivity index (χ3v) is 6.47. The van der Waals surface area contributed by atoms with E-state index >= 15 is 0 Å². The lowest BCUT2D eigenvalue weighted by Crippen LogP contribution is -3.19. The van der Waals surface area contributed by atoms with Crippen molar-refractivity contribution < 1.29 is 14.8 Å². The number of likely N-dealkylation sites (N-methyl/N-ethyl adjacent to an activating group) is 1. The molecule has 2 aliphatic rings. The van der Waals surface area contributed by atoms with Gasteiger partial charge in [0.1, 0.15) is 11.3 Å². The van der Waals surface area contributed by atoms with Crippen LogP contribution in [0, 0.1) is 11.3 Å². The van der Waals surface area contributed by atoms with Gasteiger partial charge in [-0.2, -0.15) is 5.26 Å². The van der Waals surface area contributed by atoms with E-state index in [-0.39, 0.29) is 11.9 Å². The molecule has 1 aromatic rings. The molecule has 2 N–H and O–H groups in total. The zero-order chi connectivity index (χ0) is 19.4. The van der Waals surface area contributed by atoms with E-state index in [0.717, 1.165) is 64.0 Å². The van der Waals surface area contributed by atoms with E-state index in [1.54, 1.807) is 11.0 Å². The van der Waals surface area contributed by atoms with E-state index < -0.39 is 5.54 Å². The van der Waals surface area contributed by atoms with Gasteiger partial charge < -0.3 is 19.8 Å². The van der Waals surface area contributed by atoms with Crippen molar-refractivity contribution in [2.45, 2.75) is 50.6 Å². The van der Waals surface area contributed by atoms with Gasteiger partial charge in [0.15, 0.2) is 6.04 Å². The van der Waals surface area contributed by atoms with Crippen LogP contribution in [0.15, 0.2) is 24.3 Å². The quantitative estimate of drug-likeness (QED) is 0.833. The molecule has 0 spiro atoms. The van der Waals surface area contributed by atoms with Crippen LogP contribution < -0.4 is 9.80 Å². The first-order chi connectivity index (χ1) is 13.0. The van der Waals surface area contributed by atoms with Gasteiger partial charge in [0.2, 0.25) is 0 Å². The van der Waals surface area contributed by atoms with Crippen LogP contribution in [-0.4, -0.2) is 60.7 Å². The Kier molecular flexibility index (Phi) is 5.91. The number of aromatic hydroxyl groups is 1. The van der Waals surface area contributed by atoms with Gasteiger partial charge in [0.05, 0.1) is 37.9 Å². The minimum absolute atomic E-state index is 0.0736. The number of nitriles is 1. The van der Waals surface area contributed by atoms with Crippen LogP contribution in [-0.2, 0) is 4.79 Å². The van der Waals surface area contributed by atoms with E-state index in [9.17, 15) is 15.2 Å². The summed E-state index contributed by atoms with van der Waals surface area (Å²) in [7, 11) is 1.81. The fourth-order valence-electron chi connectivity index (χ4n) is 4.53. The minimum atomic E-state index is -0.624. The highest BCUT2D eigenvalue weighted by molar-refractivity contribution is 5.81. The third kappa shape index (κ3) is 3.89. The number of hydrogen-bond acceptors (Lipinski definition) is 4. The van der Waals surface area contributed by atoms with Gasteiger partial charge in [-0.1, -0.05) is 31.4 Å². The number of anilines is 1. The first-order valence-corrected chi connectivity index (χ1v) is 10.0. The second-order valence-corrected chi connectivity index (χ2v) is 7.96. The number of rotatable bonds is 4. The summed E-state index contributed by atoms with van der Waals surface area (Å²) >= 11 is 0. The monoisotopic (exact) mass is 371 g/mol. The Hall–Kier alpha value is -2.26. The molecular weight excluding hydrogens is 340 g/mol. The molecule has 27 heavy (non-hydrogen) atoms. The third-order valence-electron chi connectivity index (χ3n) is 6.47. The van der Waals surface area contributed by atoms with Crippen LogP contribution in [0.4, 0.5) is 5.69 Å². The summed E-state index contributed by atoms with van der Waals surface area (Å²) in [5.74, 6) is 0.377. The van der Waals surface area contributed by atoms with Crippen LogP contribution in [0.5, 0.6) is 5.75 Å². The molecular formula is C21H31N4O2+. The molecule has 6 nitrogen and oxygen atoms in total. The van der Waals surface area contributed by atoms with E-state index in [1.807, 2.05) is 32.2 Å². The smallest absolute Gasteiger partial charge is 0.281 e. The number of nitrogens with one attached hydrogen (secondary N) is 1. The van der Waals surface area contributed by atoms with Crippen molar-refractivity contribution in [2.24, 2.45) is 0 Å². The molecule has 2 fully saturated rings. The van der Waals surface area contributed by atoms with Gasteiger partial charge >= 0.3 is 0 Å². The van der Waals surface area contributed by atoms with Crippen molar-refractivity contribution in [3.63, 3.8) is 0 Å². The average molecular weight is 372 g/mol. The van der Waals surface area contributed by atoms with E-state index in [1.165, 1.54) is 4.90 Å². The molecule has 1 saturated carbocycles. The van der Waals surface area contributed by atoms with E-state index in [4.69, 9.17) is 0 Å². The summed E-state index contributed by atoms with van der Waals surface area (Å²) < 4.78 is 0. The van der Waals surface area contributed by atoms with Gasteiger partial charge in [-0.25, -0.2) is 0 Å². The normalized spacial score (nSPS) is 21.3. The molecule has 1 aliphatic heterocycles. The number of hydrogen-bond donors (Lipinski definition) is 2. The summed E-state index contributed by atoms with van der Waals surface area (Å²) in [6.45, 7) is 5.27. The summed E-state index contributed by atoms with van der Waals surface area (Å²) in [5.41, 5.74) is 0.235. The minimum Gasteiger partial charge on any atom is -0.506 e. The van der Waals surface area contributed by atoms with Gasteiger partial charge in [-0.3, -0.25) is 4.79 Å². The molecule has 3 rings (SSSR count). The highest BCUT2D eigenvalue weighted by Gasteiger charge is 2.42. The van der Waals surface area contributed by atoms with Gasteiger partial charge in [0.25, 0.3) is 5.91 Å². The number of benzene rings is 1. The first-order valence-electron chi connectivity index (χ1n) is 10.0. The SMILES string of the molecule is C[C@H](C(=O)N(C)C1(C#N)CCCCC1)[NH+]1CCN(c2ccccc2O)CC1. The molecule has 6 heteroatoms. The number of carbonyl (C=O) groups is 1. The topological polar surface area (TPSA) is 72.0 Å². The second kappa shape index (κ2) is 8.18. The maximum absolute atomic E-state index is 13.1. The number of amides is 1. The predicted molar refractivity (Wildman–Crippen MR) is 105 cm³/mol. The van der Waals surface area contributed by atoms with Crippen LogP contribution in [0.2, 0.25) is 0 Å². The predicted octanol–water partition coefficient (Wildman–Crippen LogP) is 1.17. The van der Waals surface area contributed by atoms with Crippen molar-refractivity contribution in [3.05, 3.63) is 24.3 Å². The number of quaternary nitrogens is 1. The van der Waals surface area contributed by atoms with Crippen LogP contribution in [0.25, 0.3) is 0 Å². The summed E-state index contributed by atoms with van der Waals surface area (Å²) in [4.78, 5) is 18.3. The molecule has 1 aromatic carbocycles. The number of nitrogens with zero attached hydrogens (tertiary/aromatic N) is 3. The molecule has 146 valence electrons. The number of para-hydroxylation sites is 2. The Morgan fingerprint density at radius 3 is 2.48 bits per heavy atom. The van der Waals surface area contributed by atoms with Crippen molar-refractivity contribution in [1.29, 1.82) is 5.26 Å². The van der Waals surface area contributed by atoms with Crippen molar-refractivity contribution >= 4 is 11.6 Å². The second-order valence-electron chi connectivity index (χ2n) is 7.96. The lowest BCUT2D eigenvalue weighted by Gasteiger charge is -2.42. The molecule has 1 atom stereocenters. The molecule has 1 aliphatic carbocycles. The van der Waals surface area contributed by atoms with Gasteiger partial charge in [-0.05, 0) is 31.9 Å². The van der Waals surface area contributed by atoms with Crippen molar-refractivity contribution in [2.75, 3.05) is 38.1 Å². The zero-order valence-electron chi connectivity index (χ0n) is 16.4. The molecule has 1 saturated heterocycles. The Morgan fingerprint density at radius 1 is 1.26 bits per heavy atom. The number of carbonyl (C=O) groups excluding carboxylic acids is 1. The highest BCUT2D eigenvalue weighted by Crippen LogP contribution is 2.32. The average Bonchev–Trinajstić information content (AvgIpc) is 2.73. The number of phenols is 1. The number of piperazine rings is 1. The Balaban J connectivity index is 1.61. The maximum atomic E-state index is 13.1. The van der Waals surface area contributed by atoms with Gasteiger partial charge in [0, 0.05) is 7.05 Å². The maximum Gasteiger partial charge on any atom is 0.281 e. The summed E-state index contributed by atoms with van der Waals surface area (Å²) in [5, 5.41) is 19.8. The van der Waals surface area contributed by atoms with Crippen molar-refractivity contribution in [1.82, 2.24) is 4.90 Å².